The molecule has 0 spiro atoms. The summed E-state index contributed by atoms with van der Waals surface area (Å²) < 4.78 is 5.86. The molecule has 0 aromatic rings. The van der Waals surface area contributed by atoms with Gasteiger partial charge in [-0.1, -0.05) is 215 Å². The van der Waals surface area contributed by atoms with E-state index in [2.05, 4.69) is 105 Å². The minimum Gasteiger partial charge on any atom is -0.462 e. The minimum atomic E-state index is -0.809. The number of amides is 1. The van der Waals surface area contributed by atoms with Crippen molar-refractivity contribution in [2.75, 3.05) is 6.61 Å². The number of hydrogen-bond donors (Lipinski definition) is 3. The van der Waals surface area contributed by atoms with Crippen molar-refractivity contribution in [2.45, 2.75) is 244 Å². The molecule has 0 saturated heterocycles. The lowest BCUT2D eigenvalue weighted by molar-refractivity contribution is -0.150. The van der Waals surface area contributed by atoms with Gasteiger partial charge < -0.3 is 20.3 Å². The molecule has 3 unspecified atom stereocenters. The molecule has 350 valence electrons. The first-order valence-corrected chi connectivity index (χ1v) is 25.3. The molecule has 6 heteroatoms. The predicted molar refractivity (Wildman–Crippen MR) is 264 cm³/mol. The molecule has 0 fully saturated rings. The van der Waals surface area contributed by atoms with E-state index in [1.165, 1.54) is 96.3 Å². The number of rotatable bonds is 44. The van der Waals surface area contributed by atoms with Crippen molar-refractivity contribution in [1.29, 1.82) is 0 Å². The van der Waals surface area contributed by atoms with Crippen LogP contribution in [0.15, 0.2) is 85.1 Å². The summed E-state index contributed by atoms with van der Waals surface area (Å²) in [5, 5.41) is 23.7. The number of carbonyl (C=O) groups excluding carboxylic acids is 2. The van der Waals surface area contributed by atoms with Gasteiger partial charge in [0.2, 0.25) is 5.91 Å². The topological polar surface area (TPSA) is 95.9 Å². The maximum absolute atomic E-state index is 13.2. The molecule has 3 N–H and O–H groups in total. The predicted octanol–water partition coefficient (Wildman–Crippen LogP) is 15.2. The highest BCUT2D eigenvalue weighted by atomic mass is 16.5. The molecular formula is C55H95NO5. The molecule has 0 aliphatic carbocycles. The molecule has 0 rings (SSSR count). The summed E-state index contributed by atoms with van der Waals surface area (Å²) in [6.07, 6.45) is 62.3. The van der Waals surface area contributed by atoms with E-state index in [1.807, 2.05) is 6.08 Å². The Labute approximate surface area is 376 Å². The number of hydrogen-bond acceptors (Lipinski definition) is 5. The van der Waals surface area contributed by atoms with E-state index in [-0.39, 0.29) is 31.3 Å². The van der Waals surface area contributed by atoms with Crippen LogP contribution in [0.5, 0.6) is 0 Å². The van der Waals surface area contributed by atoms with Gasteiger partial charge in [-0.2, -0.15) is 0 Å². The lowest BCUT2D eigenvalue weighted by Crippen LogP contribution is -2.46. The maximum atomic E-state index is 13.2. The van der Waals surface area contributed by atoms with Gasteiger partial charge in [-0.15, -0.1) is 0 Å². The summed E-state index contributed by atoms with van der Waals surface area (Å²) >= 11 is 0. The fraction of sp³-hybridized carbons (Fsp3) is 0.709. The zero-order valence-electron chi connectivity index (χ0n) is 39.8. The van der Waals surface area contributed by atoms with Gasteiger partial charge in [-0.25, -0.2) is 0 Å². The molecule has 0 saturated carbocycles. The summed E-state index contributed by atoms with van der Waals surface area (Å²) in [7, 11) is 0. The summed E-state index contributed by atoms with van der Waals surface area (Å²) in [4.78, 5) is 26.0. The molecule has 61 heavy (non-hydrogen) atoms. The van der Waals surface area contributed by atoms with Gasteiger partial charge in [0.1, 0.15) is 6.10 Å². The van der Waals surface area contributed by atoms with Crippen LogP contribution in [0.3, 0.4) is 0 Å². The molecule has 0 heterocycles. The molecule has 0 radical (unpaired) electrons. The molecular weight excluding hydrogens is 755 g/mol. The summed E-state index contributed by atoms with van der Waals surface area (Å²) in [6.45, 7) is 6.32. The van der Waals surface area contributed by atoms with Crippen molar-refractivity contribution >= 4 is 11.9 Å². The van der Waals surface area contributed by atoms with Gasteiger partial charge in [0, 0.05) is 6.42 Å². The quantitative estimate of drug-likeness (QED) is 0.0322. The molecule has 3 atom stereocenters. The van der Waals surface area contributed by atoms with Crippen LogP contribution in [0.1, 0.15) is 226 Å². The van der Waals surface area contributed by atoms with E-state index in [1.54, 1.807) is 0 Å². The van der Waals surface area contributed by atoms with Crippen LogP contribution in [-0.4, -0.2) is 46.9 Å². The summed E-state index contributed by atoms with van der Waals surface area (Å²) in [5.74, 6) is -0.608. The molecule has 0 bridgehead atoms. The summed E-state index contributed by atoms with van der Waals surface area (Å²) in [6, 6.07) is -0.727. The third-order valence-corrected chi connectivity index (χ3v) is 11.0. The lowest BCUT2D eigenvalue weighted by Gasteiger charge is -2.24. The second-order valence-corrected chi connectivity index (χ2v) is 16.8. The van der Waals surface area contributed by atoms with Crippen LogP contribution < -0.4 is 5.32 Å². The fourth-order valence-electron chi connectivity index (χ4n) is 7.16. The Bertz CT molecular complexity index is 1180. The molecule has 0 aromatic carbocycles. The number of unbranched alkanes of at least 4 members (excludes halogenated alkanes) is 18. The number of allylic oxidation sites excluding steroid dienone is 14. The Morgan fingerprint density at radius 1 is 0.492 bits per heavy atom. The molecule has 6 nitrogen and oxygen atoms in total. The van der Waals surface area contributed by atoms with E-state index < -0.39 is 18.2 Å². The zero-order chi connectivity index (χ0) is 44.5. The van der Waals surface area contributed by atoms with E-state index in [9.17, 15) is 19.8 Å². The highest BCUT2D eigenvalue weighted by molar-refractivity contribution is 5.77. The first kappa shape index (κ1) is 58.0. The molecule has 0 aromatic heterocycles. The van der Waals surface area contributed by atoms with Crippen LogP contribution in [0.2, 0.25) is 0 Å². The van der Waals surface area contributed by atoms with Crippen LogP contribution in [0, 0.1) is 0 Å². The van der Waals surface area contributed by atoms with Gasteiger partial charge in [0.05, 0.1) is 25.2 Å². The Balaban J connectivity index is 4.69. The number of esters is 1. The average molecular weight is 850 g/mol. The Morgan fingerprint density at radius 3 is 1.38 bits per heavy atom. The monoisotopic (exact) mass is 850 g/mol. The Morgan fingerprint density at radius 2 is 0.902 bits per heavy atom. The number of aliphatic hydroxyl groups excluding tert-OH is 2. The van der Waals surface area contributed by atoms with E-state index >= 15 is 0 Å². The van der Waals surface area contributed by atoms with Crippen molar-refractivity contribution < 1.29 is 24.5 Å². The van der Waals surface area contributed by atoms with E-state index in [0.29, 0.717) is 19.3 Å². The van der Waals surface area contributed by atoms with Gasteiger partial charge in [0.25, 0.3) is 0 Å². The maximum Gasteiger partial charge on any atom is 0.306 e. The number of ether oxygens (including phenoxy) is 1. The zero-order valence-corrected chi connectivity index (χ0v) is 39.8. The fourth-order valence-corrected chi connectivity index (χ4v) is 7.16. The lowest BCUT2D eigenvalue weighted by atomic mass is 10.0. The third kappa shape index (κ3) is 43.5. The van der Waals surface area contributed by atoms with Crippen molar-refractivity contribution in [3.63, 3.8) is 0 Å². The third-order valence-electron chi connectivity index (χ3n) is 11.0. The van der Waals surface area contributed by atoms with Crippen LogP contribution in [-0.2, 0) is 14.3 Å². The first-order chi connectivity index (χ1) is 30.0. The van der Waals surface area contributed by atoms with Crippen molar-refractivity contribution in [3.8, 4) is 0 Å². The molecule has 0 aliphatic rings. The Hall–Kier alpha value is -2.96. The van der Waals surface area contributed by atoms with Crippen LogP contribution in [0.25, 0.3) is 0 Å². The number of carbonyl (C=O) groups is 2. The normalized spacial score (nSPS) is 14.0. The number of aliphatic hydroxyl groups is 2. The largest absolute Gasteiger partial charge is 0.462 e. The molecule has 1 amide bonds. The van der Waals surface area contributed by atoms with Crippen LogP contribution >= 0.6 is 0 Å². The second kappa shape index (κ2) is 48.1. The standard InChI is InChI=1S/C55H95NO5/c1-4-7-10-13-16-19-22-24-25-26-27-28-29-30-33-36-39-42-45-48-55(60)61-51(46-43-40-37-34-31-21-18-15-12-9-6-3)49-54(59)56-52(50-57)53(58)47-44-41-38-35-32-23-20-17-14-11-8-5-2/h7,10,16,19,24-25,27-28,30,33-34,37,39,42,51-53,57-58H,4-6,8-9,11-15,17-18,20-23,26,29,31-32,35-36,38,40-41,43-50H2,1-3H3,(H,56,59)/b10-7-,19-16-,25-24-,28-27-,33-30-,37-34-,42-39-. The summed E-state index contributed by atoms with van der Waals surface area (Å²) in [5.41, 5.74) is 0. The average Bonchev–Trinajstić information content (AvgIpc) is 3.25. The number of nitrogens with one attached hydrogen (secondary N) is 1. The van der Waals surface area contributed by atoms with E-state index in [4.69, 9.17) is 4.74 Å². The SMILES string of the molecule is CC/C=C\C/C=C\C/C=C\C/C=C\C/C=C\C/C=C\CCC(=O)OC(CCC/C=C\CCCCCCCC)CC(=O)NC(CO)C(O)CCCCCCCCCCCCCC. The first-order valence-electron chi connectivity index (χ1n) is 25.3. The van der Waals surface area contributed by atoms with Gasteiger partial charge in [-0.3, -0.25) is 9.59 Å². The van der Waals surface area contributed by atoms with Crippen molar-refractivity contribution in [2.24, 2.45) is 0 Å². The van der Waals surface area contributed by atoms with Crippen LogP contribution in [0.4, 0.5) is 0 Å². The van der Waals surface area contributed by atoms with Gasteiger partial charge >= 0.3 is 5.97 Å². The minimum absolute atomic E-state index is 0.0228. The smallest absolute Gasteiger partial charge is 0.306 e. The van der Waals surface area contributed by atoms with Crippen molar-refractivity contribution in [3.05, 3.63) is 85.1 Å². The second-order valence-electron chi connectivity index (χ2n) is 16.8. The van der Waals surface area contributed by atoms with Gasteiger partial charge in [-0.05, 0) is 83.5 Å². The van der Waals surface area contributed by atoms with Crippen molar-refractivity contribution in [1.82, 2.24) is 5.32 Å². The van der Waals surface area contributed by atoms with Gasteiger partial charge in [0.15, 0.2) is 0 Å². The van der Waals surface area contributed by atoms with E-state index in [0.717, 1.165) is 77.0 Å². The Kier molecular flexibility index (Phi) is 45.7. The molecule has 0 aliphatic heterocycles. The highest BCUT2D eigenvalue weighted by Gasteiger charge is 2.23. The highest BCUT2D eigenvalue weighted by Crippen LogP contribution is 2.16.